The lowest BCUT2D eigenvalue weighted by atomic mass is 10.0. The Morgan fingerprint density at radius 1 is 1.21 bits per heavy atom. The number of carbonyl (C=O) groups is 2. The van der Waals surface area contributed by atoms with Crippen LogP contribution in [0.2, 0.25) is 0 Å². The standard InChI is InChI=1S/C20H22F3N3O3/c1-12(2)17(27)9-16-8-14(6-7-24-16)19(28)25-10-15-4-5-18(26-13(15)3)29-11-20(21,22)23/h4-8,12H,9-11H2,1-3H3,(H,25,28). The van der Waals surface area contributed by atoms with Crippen LogP contribution in [-0.2, 0) is 17.8 Å². The summed E-state index contributed by atoms with van der Waals surface area (Å²) in [6.45, 7) is 3.94. The second-order valence-electron chi connectivity index (χ2n) is 6.81. The van der Waals surface area contributed by atoms with Gasteiger partial charge < -0.3 is 10.1 Å². The summed E-state index contributed by atoms with van der Waals surface area (Å²) in [7, 11) is 0. The van der Waals surface area contributed by atoms with E-state index >= 15 is 0 Å². The normalized spacial score (nSPS) is 11.4. The van der Waals surface area contributed by atoms with Gasteiger partial charge in [0.15, 0.2) is 6.61 Å². The highest BCUT2D eigenvalue weighted by molar-refractivity contribution is 5.94. The molecule has 6 nitrogen and oxygen atoms in total. The molecule has 0 aliphatic carbocycles. The minimum Gasteiger partial charge on any atom is -0.468 e. The van der Waals surface area contributed by atoms with Gasteiger partial charge in [-0.3, -0.25) is 14.6 Å². The fourth-order valence-electron chi connectivity index (χ4n) is 2.37. The highest BCUT2D eigenvalue weighted by atomic mass is 19.4. The van der Waals surface area contributed by atoms with Crippen molar-refractivity contribution >= 4 is 11.7 Å². The summed E-state index contributed by atoms with van der Waals surface area (Å²) in [5.74, 6) is -0.580. The highest BCUT2D eigenvalue weighted by Gasteiger charge is 2.28. The average Bonchev–Trinajstić information content (AvgIpc) is 2.65. The number of nitrogens with one attached hydrogen (secondary N) is 1. The van der Waals surface area contributed by atoms with Crippen LogP contribution in [0.4, 0.5) is 13.2 Å². The van der Waals surface area contributed by atoms with Crippen LogP contribution in [0.25, 0.3) is 0 Å². The Bertz CT molecular complexity index is 883. The molecule has 29 heavy (non-hydrogen) atoms. The molecule has 0 bridgehead atoms. The first-order valence-electron chi connectivity index (χ1n) is 8.97. The van der Waals surface area contributed by atoms with Crippen LogP contribution in [0, 0.1) is 12.8 Å². The second kappa shape index (κ2) is 9.49. The van der Waals surface area contributed by atoms with Crippen molar-refractivity contribution in [2.24, 2.45) is 5.92 Å². The third-order valence-corrected chi connectivity index (χ3v) is 4.07. The van der Waals surface area contributed by atoms with Crippen LogP contribution in [0.1, 0.15) is 41.2 Å². The third-order valence-electron chi connectivity index (χ3n) is 4.07. The van der Waals surface area contributed by atoms with E-state index in [0.29, 0.717) is 22.5 Å². The molecular formula is C20H22F3N3O3. The zero-order valence-electron chi connectivity index (χ0n) is 16.3. The number of pyridine rings is 2. The summed E-state index contributed by atoms with van der Waals surface area (Å²) in [4.78, 5) is 32.3. The molecule has 0 aromatic carbocycles. The molecule has 0 spiro atoms. The summed E-state index contributed by atoms with van der Waals surface area (Å²) >= 11 is 0. The summed E-state index contributed by atoms with van der Waals surface area (Å²) in [5, 5.41) is 2.72. The number of aryl methyl sites for hydroxylation is 1. The first kappa shape index (κ1) is 22.3. The van der Waals surface area contributed by atoms with E-state index < -0.39 is 12.8 Å². The fraction of sp³-hybridized carbons (Fsp3) is 0.400. The van der Waals surface area contributed by atoms with Gasteiger partial charge in [0.2, 0.25) is 5.88 Å². The van der Waals surface area contributed by atoms with Crippen LogP contribution in [0.15, 0.2) is 30.5 Å². The number of alkyl halides is 3. The largest absolute Gasteiger partial charge is 0.468 e. The van der Waals surface area contributed by atoms with Gasteiger partial charge in [0, 0.05) is 48.1 Å². The van der Waals surface area contributed by atoms with Crippen molar-refractivity contribution in [2.45, 2.75) is 39.9 Å². The van der Waals surface area contributed by atoms with Crippen molar-refractivity contribution in [1.82, 2.24) is 15.3 Å². The number of aromatic nitrogens is 2. The molecule has 0 aliphatic rings. The Labute approximate surface area is 166 Å². The van der Waals surface area contributed by atoms with E-state index in [1.165, 1.54) is 18.3 Å². The van der Waals surface area contributed by atoms with Crippen molar-refractivity contribution in [1.29, 1.82) is 0 Å². The number of hydrogen-bond donors (Lipinski definition) is 1. The molecule has 0 radical (unpaired) electrons. The molecule has 0 aliphatic heterocycles. The maximum absolute atomic E-state index is 12.4. The van der Waals surface area contributed by atoms with Crippen LogP contribution in [0.3, 0.4) is 0 Å². The lowest BCUT2D eigenvalue weighted by Gasteiger charge is -2.12. The van der Waals surface area contributed by atoms with Crippen molar-refractivity contribution in [3.05, 3.63) is 53.0 Å². The minimum absolute atomic E-state index is 0.0320. The van der Waals surface area contributed by atoms with Gasteiger partial charge in [-0.2, -0.15) is 13.2 Å². The molecule has 0 saturated carbocycles. The molecule has 1 N–H and O–H groups in total. The first-order chi connectivity index (χ1) is 13.5. The number of amides is 1. The van der Waals surface area contributed by atoms with E-state index in [1.807, 2.05) is 0 Å². The molecule has 0 saturated heterocycles. The van der Waals surface area contributed by atoms with Gasteiger partial charge in [0.25, 0.3) is 5.91 Å². The zero-order valence-corrected chi connectivity index (χ0v) is 16.3. The Morgan fingerprint density at radius 2 is 1.93 bits per heavy atom. The van der Waals surface area contributed by atoms with E-state index in [0.717, 1.165) is 0 Å². The molecule has 0 fully saturated rings. The van der Waals surface area contributed by atoms with Crippen LogP contribution in [-0.4, -0.2) is 34.4 Å². The second-order valence-corrected chi connectivity index (χ2v) is 6.81. The maximum Gasteiger partial charge on any atom is 0.422 e. The van der Waals surface area contributed by atoms with E-state index in [4.69, 9.17) is 0 Å². The number of nitrogens with zero attached hydrogens (tertiary/aromatic N) is 2. The Hall–Kier alpha value is -2.97. The summed E-state index contributed by atoms with van der Waals surface area (Å²) in [5.41, 5.74) is 1.97. The van der Waals surface area contributed by atoms with Crippen LogP contribution in [0.5, 0.6) is 5.88 Å². The molecule has 156 valence electrons. The Balaban J connectivity index is 1.97. The van der Waals surface area contributed by atoms with Gasteiger partial charge >= 0.3 is 6.18 Å². The number of Topliss-reactive ketones (excluding diaryl/α,β-unsaturated/α-hetero) is 1. The Kier molecular flexibility index (Phi) is 7.30. The summed E-state index contributed by atoms with van der Waals surface area (Å²) < 4.78 is 41.2. The summed E-state index contributed by atoms with van der Waals surface area (Å²) in [6, 6.07) is 5.97. The molecule has 9 heteroatoms. The number of carbonyl (C=O) groups excluding carboxylic acids is 2. The lowest BCUT2D eigenvalue weighted by molar-refractivity contribution is -0.154. The van der Waals surface area contributed by atoms with Crippen molar-refractivity contribution in [3.8, 4) is 5.88 Å². The average molecular weight is 409 g/mol. The van der Waals surface area contributed by atoms with E-state index in [9.17, 15) is 22.8 Å². The molecule has 1 amide bonds. The van der Waals surface area contributed by atoms with Crippen LogP contribution < -0.4 is 10.1 Å². The maximum atomic E-state index is 12.4. The number of ether oxygens (including phenoxy) is 1. The minimum atomic E-state index is -4.44. The summed E-state index contributed by atoms with van der Waals surface area (Å²) in [6.07, 6.45) is -2.82. The molecule has 2 aromatic heterocycles. The molecule has 2 aromatic rings. The quantitative estimate of drug-likeness (QED) is 0.723. The van der Waals surface area contributed by atoms with Crippen molar-refractivity contribution in [2.75, 3.05) is 6.61 Å². The highest BCUT2D eigenvalue weighted by Crippen LogP contribution is 2.18. The molecule has 2 heterocycles. The SMILES string of the molecule is Cc1nc(OCC(F)(F)F)ccc1CNC(=O)c1ccnc(CC(=O)C(C)C)c1. The van der Waals surface area contributed by atoms with Gasteiger partial charge in [-0.15, -0.1) is 0 Å². The number of rotatable bonds is 8. The molecule has 2 rings (SSSR count). The van der Waals surface area contributed by atoms with Crippen LogP contribution >= 0.6 is 0 Å². The predicted molar refractivity (Wildman–Crippen MR) is 99.5 cm³/mol. The Morgan fingerprint density at radius 3 is 2.55 bits per heavy atom. The smallest absolute Gasteiger partial charge is 0.422 e. The monoisotopic (exact) mass is 409 g/mol. The fourth-order valence-corrected chi connectivity index (χ4v) is 2.37. The topological polar surface area (TPSA) is 81.2 Å². The van der Waals surface area contributed by atoms with Gasteiger partial charge in [-0.1, -0.05) is 19.9 Å². The van der Waals surface area contributed by atoms with E-state index in [2.05, 4.69) is 20.0 Å². The van der Waals surface area contributed by atoms with Gasteiger partial charge in [0.05, 0.1) is 0 Å². The zero-order chi connectivity index (χ0) is 21.6. The van der Waals surface area contributed by atoms with Crippen molar-refractivity contribution < 1.29 is 27.5 Å². The van der Waals surface area contributed by atoms with Gasteiger partial charge in [-0.05, 0) is 24.6 Å². The van der Waals surface area contributed by atoms with E-state index in [-0.39, 0.29) is 36.5 Å². The lowest BCUT2D eigenvalue weighted by Crippen LogP contribution is -2.24. The van der Waals surface area contributed by atoms with E-state index in [1.54, 1.807) is 32.9 Å². The molecule has 0 atom stereocenters. The number of halogens is 3. The van der Waals surface area contributed by atoms with Gasteiger partial charge in [-0.25, -0.2) is 4.98 Å². The molecular weight excluding hydrogens is 387 g/mol. The van der Waals surface area contributed by atoms with Crippen molar-refractivity contribution in [3.63, 3.8) is 0 Å². The number of hydrogen-bond acceptors (Lipinski definition) is 5. The third kappa shape index (κ3) is 7.17. The van der Waals surface area contributed by atoms with Gasteiger partial charge in [0.1, 0.15) is 5.78 Å². The number of ketones is 1. The predicted octanol–water partition coefficient (Wildman–Crippen LogP) is 3.42. The molecule has 0 unspecified atom stereocenters. The first-order valence-corrected chi connectivity index (χ1v) is 8.97.